The molecule has 0 aliphatic carbocycles. The number of nitrogens with zero attached hydrogens (tertiary/aromatic N) is 6. The summed E-state index contributed by atoms with van der Waals surface area (Å²) >= 11 is 0. The van der Waals surface area contributed by atoms with Gasteiger partial charge in [-0.1, -0.05) is 18.2 Å². The van der Waals surface area contributed by atoms with Crippen molar-refractivity contribution in [3.05, 3.63) is 30.1 Å². The quantitative estimate of drug-likeness (QED) is 0.245. The standard InChI is InChI=1S/C23H24N6O8/c1-11(30)34-10-17(35-12(2)31)19(36-13(3)32)20(37-14(4)33)22-25-26-23-24-21-18(27-29(22)23)15-8-6-7-9-16(15)28(21)5/h6-9,17,19-20H,10H2,1-5H3/t17-,19-,20-/m1/s1. The number of fused-ring (bicyclic) bond motifs is 4. The lowest BCUT2D eigenvalue weighted by Crippen LogP contribution is -2.44. The van der Waals surface area contributed by atoms with Gasteiger partial charge >= 0.3 is 23.9 Å². The number of rotatable bonds is 8. The predicted octanol–water partition coefficient (Wildman–Crippen LogP) is 1.19. The second kappa shape index (κ2) is 10.2. The van der Waals surface area contributed by atoms with Crippen LogP contribution >= 0.6 is 0 Å². The molecule has 37 heavy (non-hydrogen) atoms. The topological polar surface area (TPSA) is 166 Å². The number of carbonyl (C=O) groups is 4. The summed E-state index contributed by atoms with van der Waals surface area (Å²) in [5, 5.41) is 13.6. The maximum Gasteiger partial charge on any atom is 0.303 e. The number of para-hydroxylation sites is 1. The van der Waals surface area contributed by atoms with E-state index in [0.29, 0.717) is 11.2 Å². The Kier molecular flexibility index (Phi) is 7.00. The van der Waals surface area contributed by atoms with Gasteiger partial charge in [0.25, 0.3) is 5.78 Å². The molecule has 14 heteroatoms. The molecule has 14 nitrogen and oxygen atoms in total. The first-order valence-electron chi connectivity index (χ1n) is 11.2. The molecule has 0 aliphatic heterocycles. The molecule has 4 rings (SSSR count). The molecule has 0 spiro atoms. The first-order valence-corrected chi connectivity index (χ1v) is 11.2. The van der Waals surface area contributed by atoms with Crippen LogP contribution in [0.5, 0.6) is 0 Å². The Morgan fingerprint density at radius 1 is 0.892 bits per heavy atom. The van der Waals surface area contributed by atoms with Crippen LogP contribution in [0.4, 0.5) is 0 Å². The van der Waals surface area contributed by atoms with Crippen LogP contribution in [0.25, 0.3) is 27.8 Å². The highest BCUT2D eigenvalue weighted by Crippen LogP contribution is 2.29. The number of aromatic nitrogens is 6. The van der Waals surface area contributed by atoms with Gasteiger partial charge in [0.1, 0.15) is 12.1 Å². The minimum atomic E-state index is -1.47. The fourth-order valence-electron chi connectivity index (χ4n) is 3.99. The van der Waals surface area contributed by atoms with Crippen molar-refractivity contribution < 1.29 is 38.1 Å². The first-order chi connectivity index (χ1) is 17.6. The molecule has 0 unspecified atom stereocenters. The number of carbonyl (C=O) groups excluding carboxylic acids is 4. The number of ether oxygens (including phenoxy) is 4. The van der Waals surface area contributed by atoms with Gasteiger partial charge in [0.2, 0.25) is 11.9 Å². The zero-order chi connectivity index (χ0) is 26.9. The molecular weight excluding hydrogens is 488 g/mol. The van der Waals surface area contributed by atoms with Gasteiger partial charge in [-0.3, -0.25) is 19.2 Å². The van der Waals surface area contributed by atoms with Crippen LogP contribution < -0.4 is 0 Å². The second-order valence-corrected chi connectivity index (χ2v) is 8.18. The van der Waals surface area contributed by atoms with Crippen molar-refractivity contribution >= 4 is 51.7 Å². The van der Waals surface area contributed by atoms with Crippen LogP contribution in [0.3, 0.4) is 0 Å². The highest BCUT2D eigenvalue weighted by Gasteiger charge is 2.42. The van der Waals surface area contributed by atoms with E-state index < -0.39 is 48.8 Å². The van der Waals surface area contributed by atoms with E-state index in [-0.39, 0.29) is 11.6 Å². The Balaban J connectivity index is 1.90. The van der Waals surface area contributed by atoms with Crippen LogP contribution in [-0.4, -0.2) is 72.1 Å². The van der Waals surface area contributed by atoms with E-state index in [4.69, 9.17) is 18.9 Å². The van der Waals surface area contributed by atoms with Gasteiger partial charge in [0.15, 0.2) is 17.9 Å². The molecule has 0 amide bonds. The molecule has 1 aromatic carbocycles. The van der Waals surface area contributed by atoms with Crippen molar-refractivity contribution in [2.75, 3.05) is 6.61 Å². The van der Waals surface area contributed by atoms with Crippen molar-refractivity contribution in [1.82, 2.24) is 29.4 Å². The third-order valence-corrected chi connectivity index (χ3v) is 5.39. The molecule has 0 aliphatic rings. The number of aryl methyl sites for hydroxylation is 1. The van der Waals surface area contributed by atoms with Crippen molar-refractivity contribution in [3.63, 3.8) is 0 Å². The number of esters is 4. The van der Waals surface area contributed by atoms with Crippen LogP contribution in [-0.2, 0) is 45.2 Å². The van der Waals surface area contributed by atoms with Gasteiger partial charge in [-0.15, -0.1) is 10.2 Å². The molecular formula is C23H24N6O8. The monoisotopic (exact) mass is 512 g/mol. The summed E-state index contributed by atoms with van der Waals surface area (Å²) in [6.07, 6.45) is -4.28. The Morgan fingerprint density at radius 2 is 1.57 bits per heavy atom. The molecule has 3 atom stereocenters. The van der Waals surface area contributed by atoms with Gasteiger partial charge in [0, 0.05) is 40.1 Å². The average Bonchev–Trinajstić information content (AvgIpc) is 3.36. The van der Waals surface area contributed by atoms with Gasteiger partial charge in [-0.05, 0) is 6.07 Å². The first kappa shape index (κ1) is 25.5. The molecule has 194 valence electrons. The fraction of sp³-hybridized carbons (Fsp3) is 0.391. The zero-order valence-corrected chi connectivity index (χ0v) is 20.7. The highest BCUT2D eigenvalue weighted by molar-refractivity contribution is 6.04. The summed E-state index contributed by atoms with van der Waals surface area (Å²) in [7, 11) is 1.84. The van der Waals surface area contributed by atoms with E-state index in [1.165, 1.54) is 4.52 Å². The smallest absolute Gasteiger partial charge is 0.303 e. The lowest BCUT2D eigenvalue weighted by molar-refractivity contribution is -0.190. The van der Waals surface area contributed by atoms with E-state index in [9.17, 15) is 19.2 Å². The van der Waals surface area contributed by atoms with Crippen LogP contribution in [0.2, 0.25) is 0 Å². The minimum Gasteiger partial charge on any atom is -0.462 e. The number of hydrogen-bond donors (Lipinski definition) is 0. The van der Waals surface area contributed by atoms with Gasteiger partial charge in [-0.2, -0.15) is 14.6 Å². The summed E-state index contributed by atoms with van der Waals surface area (Å²) in [6, 6.07) is 7.54. The maximum absolute atomic E-state index is 12.1. The van der Waals surface area contributed by atoms with Gasteiger partial charge < -0.3 is 23.5 Å². The summed E-state index contributed by atoms with van der Waals surface area (Å²) < 4.78 is 24.3. The molecule has 0 saturated heterocycles. The Labute approximate surface area is 209 Å². The molecule has 0 fully saturated rings. The normalized spacial score (nSPS) is 13.8. The second-order valence-electron chi connectivity index (χ2n) is 8.18. The lowest BCUT2D eigenvalue weighted by atomic mass is 10.1. The summed E-state index contributed by atoms with van der Waals surface area (Å²) in [5.74, 6) is -2.93. The zero-order valence-electron chi connectivity index (χ0n) is 20.7. The van der Waals surface area contributed by atoms with Crippen molar-refractivity contribution in [2.45, 2.75) is 46.0 Å². The van der Waals surface area contributed by atoms with Crippen LogP contribution in [0.15, 0.2) is 24.3 Å². The van der Waals surface area contributed by atoms with Crippen LogP contribution in [0.1, 0.15) is 39.6 Å². The van der Waals surface area contributed by atoms with E-state index in [1.54, 1.807) is 0 Å². The Bertz CT molecular complexity index is 1530. The molecule has 3 heterocycles. The van der Waals surface area contributed by atoms with Crippen molar-refractivity contribution in [3.8, 4) is 0 Å². The highest BCUT2D eigenvalue weighted by atomic mass is 16.6. The van der Waals surface area contributed by atoms with Crippen LogP contribution in [0, 0.1) is 0 Å². The third-order valence-electron chi connectivity index (χ3n) is 5.39. The summed E-state index contributed by atoms with van der Waals surface area (Å²) in [5.41, 5.74) is 1.94. The van der Waals surface area contributed by atoms with E-state index in [0.717, 1.165) is 38.6 Å². The summed E-state index contributed by atoms with van der Waals surface area (Å²) in [6.45, 7) is 4.06. The predicted molar refractivity (Wildman–Crippen MR) is 125 cm³/mol. The van der Waals surface area contributed by atoms with Gasteiger partial charge in [0.05, 0.1) is 5.52 Å². The maximum atomic E-state index is 12.1. The SMILES string of the molecule is CC(=O)OC[C@@H](OC(C)=O)[C@@H](OC(C)=O)[C@@H](OC(C)=O)c1nnc2nc3c(nn12)c1ccccc1n3C. The van der Waals surface area contributed by atoms with E-state index >= 15 is 0 Å². The molecule has 0 bridgehead atoms. The third kappa shape index (κ3) is 5.17. The number of hydrogen-bond acceptors (Lipinski definition) is 12. The fourth-order valence-corrected chi connectivity index (χ4v) is 3.99. The van der Waals surface area contributed by atoms with E-state index in [2.05, 4.69) is 20.3 Å². The number of benzene rings is 1. The molecule has 0 radical (unpaired) electrons. The van der Waals surface area contributed by atoms with Gasteiger partial charge in [-0.25, -0.2) is 0 Å². The lowest BCUT2D eigenvalue weighted by Gasteiger charge is -2.30. The molecule has 0 saturated carbocycles. The van der Waals surface area contributed by atoms with Crippen molar-refractivity contribution in [2.24, 2.45) is 7.05 Å². The molecule has 4 aromatic rings. The van der Waals surface area contributed by atoms with E-state index in [1.807, 2.05) is 35.9 Å². The Morgan fingerprint density at radius 3 is 2.22 bits per heavy atom. The summed E-state index contributed by atoms with van der Waals surface area (Å²) in [4.78, 5) is 52.0. The average molecular weight is 512 g/mol. The largest absolute Gasteiger partial charge is 0.462 e. The van der Waals surface area contributed by atoms with Crippen molar-refractivity contribution in [1.29, 1.82) is 0 Å². The molecule has 3 aromatic heterocycles. The Hall–Kier alpha value is -4.62. The minimum absolute atomic E-state index is 0.0567. The molecule has 0 N–H and O–H groups in total.